The van der Waals surface area contributed by atoms with E-state index in [1.165, 1.54) is 12.8 Å². The molecule has 0 saturated carbocycles. The largest absolute Gasteiger partial charge is 0.444 e. The van der Waals surface area contributed by atoms with Crippen molar-refractivity contribution >= 4 is 17.7 Å². The molecule has 0 aromatic rings. The Kier molecular flexibility index (Phi) is 23.9. The SMILES string of the molecule is CC(C)(C)OC(=O)NCCOCCOCCOCCOCCOCCOCCCCCCCl. The van der Waals surface area contributed by atoms with Crippen molar-refractivity contribution in [2.75, 3.05) is 91.7 Å². The lowest BCUT2D eigenvalue weighted by Crippen LogP contribution is -2.34. The number of rotatable bonds is 24. The number of carbonyl (C=O) groups excluding carboxylic acids is 1. The van der Waals surface area contributed by atoms with Crippen molar-refractivity contribution in [3.05, 3.63) is 0 Å². The lowest BCUT2D eigenvalue weighted by molar-refractivity contribution is -0.0167. The lowest BCUT2D eigenvalue weighted by Gasteiger charge is -2.19. The number of unbranched alkanes of at least 4 members (excludes halogenated alkanes) is 3. The van der Waals surface area contributed by atoms with E-state index in [1.807, 2.05) is 20.8 Å². The van der Waals surface area contributed by atoms with Crippen LogP contribution in [0.1, 0.15) is 46.5 Å². The van der Waals surface area contributed by atoms with Gasteiger partial charge in [0.1, 0.15) is 5.60 Å². The lowest BCUT2D eigenvalue weighted by atomic mass is 10.2. The standard InChI is InChI=1S/C23H46ClNO8/c1-23(2,3)33-22(26)25-9-11-28-13-15-30-17-19-32-21-20-31-18-16-29-14-12-27-10-7-5-4-6-8-24/h4-21H2,1-3H3,(H,25,26). The molecule has 1 N–H and O–H groups in total. The highest BCUT2D eigenvalue weighted by atomic mass is 35.5. The van der Waals surface area contributed by atoms with E-state index in [9.17, 15) is 4.79 Å². The maximum atomic E-state index is 11.4. The van der Waals surface area contributed by atoms with Gasteiger partial charge in [0.05, 0.1) is 72.7 Å². The number of carbonyl (C=O) groups is 1. The molecule has 0 aliphatic carbocycles. The third-order valence-corrected chi connectivity index (χ3v) is 4.21. The summed E-state index contributed by atoms with van der Waals surface area (Å²) in [5, 5.41) is 2.63. The molecule has 33 heavy (non-hydrogen) atoms. The Morgan fingerprint density at radius 1 is 0.606 bits per heavy atom. The maximum Gasteiger partial charge on any atom is 0.407 e. The molecule has 0 aliphatic heterocycles. The number of hydrogen-bond donors (Lipinski definition) is 1. The number of ether oxygens (including phenoxy) is 7. The highest BCUT2D eigenvalue weighted by Gasteiger charge is 2.15. The first-order chi connectivity index (χ1) is 16.0. The first kappa shape index (κ1) is 32.3. The van der Waals surface area contributed by atoms with Crippen LogP contribution in [0.3, 0.4) is 0 Å². The van der Waals surface area contributed by atoms with E-state index in [0.29, 0.717) is 79.2 Å². The minimum Gasteiger partial charge on any atom is -0.444 e. The summed E-state index contributed by atoms with van der Waals surface area (Å²) in [7, 11) is 0. The average molecular weight is 500 g/mol. The maximum absolute atomic E-state index is 11.4. The van der Waals surface area contributed by atoms with Crippen LogP contribution < -0.4 is 5.32 Å². The van der Waals surface area contributed by atoms with Crippen LogP contribution in [0.2, 0.25) is 0 Å². The second-order valence-electron chi connectivity index (χ2n) is 8.21. The van der Waals surface area contributed by atoms with Crippen molar-refractivity contribution in [3.63, 3.8) is 0 Å². The molecule has 1 amide bonds. The minimum absolute atomic E-state index is 0.395. The summed E-state index contributed by atoms with van der Waals surface area (Å²) in [6.07, 6.45) is 4.05. The molecular formula is C23H46ClNO8. The Balaban J connectivity index is 3.10. The molecule has 0 aromatic heterocycles. The van der Waals surface area contributed by atoms with E-state index in [-0.39, 0.29) is 0 Å². The zero-order valence-corrected chi connectivity index (χ0v) is 21.6. The predicted molar refractivity (Wildman–Crippen MR) is 128 cm³/mol. The molecule has 0 atom stereocenters. The highest BCUT2D eigenvalue weighted by molar-refractivity contribution is 6.17. The second-order valence-corrected chi connectivity index (χ2v) is 8.58. The molecule has 0 saturated heterocycles. The summed E-state index contributed by atoms with van der Waals surface area (Å²) in [4.78, 5) is 11.4. The van der Waals surface area contributed by atoms with Crippen LogP contribution in [0.5, 0.6) is 0 Å². The second kappa shape index (κ2) is 24.4. The Bertz CT molecular complexity index is 424. The number of amides is 1. The van der Waals surface area contributed by atoms with E-state index in [1.54, 1.807) is 0 Å². The molecule has 10 heteroatoms. The van der Waals surface area contributed by atoms with E-state index in [4.69, 9.17) is 44.8 Å². The predicted octanol–water partition coefficient (Wildman–Crippen LogP) is 3.41. The van der Waals surface area contributed by atoms with Crippen molar-refractivity contribution in [1.82, 2.24) is 5.32 Å². The van der Waals surface area contributed by atoms with Gasteiger partial charge in [-0.15, -0.1) is 11.6 Å². The van der Waals surface area contributed by atoms with Gasteiger partial charge in [0.25, 0.3) is 0 Å². The Morgan fingerprint density at radius 3 is 1.42 bits per heavy atom. The van der Waals surface area contributed by atoms with Crippen LogP contribution in [0.25, 0.3) is 0 Å². The van der Waals surface area contributed by atoms with Crippen LogP contribution in [-0.4, -0.2) is 103 Å². The number of halogens is 1. The Hall–Kier alpha value is -0.680. The summed E-state index contributed by atoms with van der Waals surface area (Å²) in [6.45, 7) is 12.3. The highest BCUT2D eigenvalue weighted by Crippen LogP contribution is 2.06. The van der Waals surface area contributed by atoms with E-state index < -0.39 is 11.7 Å². The zero-order chi connectivity index (χ0) is 24.5. The van der Waals surface area contributed by atoms with Crippen molar-refractivity contribution < 1.29 is 38.0 Å². The van der Waals surface area contributed by atoms with Gasteiger partial charge < -0.3 is 38.5 Å². The smallest absolute Gasteiger partial charge is 0.407 e. The molecule has 0 rings (SSSR count). The van der Waals surface area contributed by atoms with Crippen LogP contribution in [0, 0.1) is 0 Å². The van der Waals surface area contributed by atoms with E-state index in [2.05, 4.69) is 5.32 Å². The quantitative estimate of drug-likeness (QED) is 0.159. The summed E-state index contributed by atoms with van der Waals surface area (Å²) in [5.74, 6) is 0.743. The monoisotopic (exact) mass is 499 g/mol. The van der Waals surface area contributed by atoms with Gasteiger partial charge in [-0.1, -0.05) is 12.8 Å². The third kappa shape index (κ3) is 29.3. The molecule has 0 aliphatic rings. The van der Waals surface area contributed by atoms with Gasteiger partial charge in [-0.3, -0.25) is 0 Å². The summed E-state index contributed by atoms with van der Waals surface area (Å²) >= 11 is 5.63. The van der Waals surface area contributed by atoms with Gasteiger partial charge in [-0.25, -0.2) is 4.79 Å². The van der Waals surface area contributed by atoms with Crippen LogP contribution >= 0.6 is 11.6 Å². The first-order valence-electron chi connectivity index (χ1n) is 11.9. The fourth-order valence-electron chi connectivity index (χ4n) is 2.39. The van der Waals surface area contributed by atoms with Crippen LogP contribution in [-0.2, 0) is 33.2 Å². The molecule has 0 spiro atoms. The third-order valence-electron chi connectivity index (χ3n) is 3.95. The molecule has 0 aromatic carbocycles. The summed E-state index contributed by atoms with van der Waals surface area (Å²) in [5.41, 5.74) is -0.499. The molecule has 0 radical (unpaired) electrons. The average Bonchev–Trinajstić information content (AvgIpc) is 2.75. The van der Waals surface area contributed by atoms with Gasteiger partial charge in [0.2, 0.25) is 0 Å². The topological polar surface area (TPSA) is 93.7 Å². The Morgan fingerprint density at radius 2 is 1.00 bits per heavy atom. The van der Waals surface area contributed by atoms with E-state index >= 15 is 0 Å². The van der Waals surface area contributed by atoms with Crippen LogP contribution in [0.15, 0.2) is 0 Å². The van der Waals surface area contributed by atoms with Gasteiger partial charge in [0, 0.05) is 19.0 Å². The summed E-state index contributed by atoms with van der Waals surface area (Å²) < 4.78 is 37.7. The number of alkyl halides is 1. The molecule has 0 unspecified atom stereocenters. The van der Waals surface area contributed by atoms with Gasteiger partial charge >= 0.3 is 6.09 Å². The minimum atomic E-state index is -0.499. The molecule has 0 heterocycles. The van der Waals surface area contributed by atoms with Gasteiger partial charge in [-0.2, -0.15) is 0 Å². The van der Waals surface area contributed by atoms with Crippen molar-refractivity contribution in [2.24, 2.45) is 0 Å². The molecular weight excluding hydrogens is 454 g/mol. The van der Waals surface area contributed by atoms with Crippen molar-refractivity contribution in [2.45, 2.75) is 52.1 Å². The van der Waals surface area contributed by atoms with Crippen LogP contribution in [0.4, 0.5) is 4.79 Å². The molecule has 198 valence electrons. The molecule has 0 bridgehead atoms. The number of nitrogens with one attached hydrogen (secondary N) is 1. The van der Waals surface area contributed by atoms with Gasteiger partial charge in [0.15, 0.2) is 0 Å². The number of alkyl carbamates (subject to hydrolysis) is 1. The van der Waals surface area contributed by atoms with Crippen molar-refractivity contribution in [3.8, 4) is 0 Å². The molecule has 0 fully saturated rings. The fraction of sp³-hybridized carbons (Fsp3) is 0.957. The first-order valence-corrected chi connectivity index (χ1v) is 12.5. The number of hydrogen-bond acceptors (Lipinski definition) is 8. The summed E-state index contributed by atoms with van der Waals surface area (Å²) in [6, 6.07) is 0. The Labute approximate surface area is 205 Å². The zero-order valence-electron chi connectivity index (χ0n) is 20.9. The van der Waals surface area contributed by atoms with E-state index in [0.717, 1.165) is 25.3 Å². The molecule has 9 nitrogen and oxygen atoms in total. The van der Waals surface area contributed by atoms with Crippen molar-refractivity contribution in [1.29, 1.82) is 0 Å². The fourth-order valence-corrected chi connectivity index (χ4v) is 2.58. The van der Waals surface area contributed by atoms with Gasteiger partial charge in [-0.05, 0) is 33.6 Å². The normalized spacial score (nSPS) is 11.6.